The molecule has 5 rings (SSSR count). The maximum atomic E-state index is 11.3. The molecule has 3 nitrogen and oxygen atoms in total. The van der Waals surface area contributed by atoms with Gasteiger partial charge in [0.2, 0.25) is 0 Å². The van der Waals surface area contributed by atoms with Gasteiger partial charge in [0.05, 0.1) is 18.3 Å². The number of hydrogen-bond donors (Lipinski definition) is 3. The van der Waals surface area contributed by atoms with Gasteiger partial charge >= 0.3 is 0 Å². The zero-order chi connectivity index (χ0) is 27.1. The normalized spacial score (nSPS) is 36.6. The van der Waals surface area contributed by atoms with Crippen molar-refractivity contribution in [1.29, 1.82) is 0 Å². The van der Waals surface area contributed by atoms with Crippen LogP contribution in [0.25, 0.3) is 0 Å². The summed E-state index contributed by atoms with van der Waals surface area (Å²) < 4.78 is 0. The number of aliphatic hydroxyl groups is 3. The van der Waals surface area contributed by atoms with Crippen LogP contribution in [-0.2, 0) is 11.8 Å². The van der Waals surface area contributed by atoms with Crippen LogP contribution in [-0.4, -0.2) is 33.6 Å². The topological polar surface area (TPSA) is 60.7 Å². The molecular weight excluding hydrogens is 488 g/mol. The molecule has 1 heterocycles. The maximum Gasteiger partial charge on any atom is 0.0825 e. The Labute approximate surface area is 234 Å². The number of aryl methyl sites for hydroxylation is 1. The second-order valence-corrected chi connectivity index (χ2v) is 14.0. The molecule has 0 spiro atoms. The lowest BCUT2D eigenvalue weighted by Crippen LogP contribution is -2.35. The highest BCUT2D eigenvalue weighted by atomic mass is 32.1. The summed E-state index contributed by atoms with van der Waals surface area (Å²) in [4.78, 5) is 1.37. The van der Waals surface area contributed by atoms with E-state index < -0.39 is 18.3 Å². The predicted octanol–water partition coefficient (Wildman–Crippen LogP) is 7.43. The highest BCUT2D eigenvalue weighted by molar-refractivity contribution is 7.10. The van der Waals surface area contributed by atoms with Gasteiger partial charge in [-0.05, 0) is 109 Å². The Bertz CT molecular complexity index is 1100. The van der Waals surface area contributed by atoms with Crippen LogP contribution >= 0.6 is 11.3 Å². The summed E-state index contributed by atoms with van der Waals surface area (Å²) in [6.45, 7) is 11.2. The maximum absolute atomic E-state index is 11.3. The molecule has 0 saturated heterocycles. The van der Waals surface area contributed by atoms with Crippen LogP contribution in [0.1, 0.15) is 95.4 Å². The summed E-state index contributed by atoms with van der Waals surface area (Å²) in [7, 11) is 0. The zero-order valence-corrected chi connectivity index (χ0v) is 24.5. The summed E-state index contributed by atoms with van der Waals surface area (Å²) in [6, 6.07) is 2.35. The van der Waals surface area contributed by atoms with E-state index in [1.165, 1.54) is 48.1 Å². The van der Waals surface area contributed by atoms with Crippen molar-refractivity contribution in [2.75, 3.05) is 0 Å². The Morgan fingerprint density at radius 1 is 1.16 bits per heavy atom. The fourth-order valence-electron chi connectivity index (χ4n) is 8.09. The van der Waals surface area contributed by atoms with E-state index in [9.17, 15) is 15.3 Å². The van der Waals surface area contributed by atoms with E-state index in [2.05, 4.69) is 63.1 Å². The fourth-order valence-corrected chi connectivity index (χ4v) is 9.33. The van der Waals surface area contributed by atoms with Gasteiger partial charge in [0.1, 0.15) is 0 Å². The van der Waals surface area contributed by atoms with Crippen molar-refractivity contribution in [3.63, 3.8) is 0 Å². The van der Waals surface area contributed by atoms with Crippen LogP contribution in [0.4, 0.5) is 0 Å². The first-order valence-electron chi connectivity index (χ1n) is 15.1. The predicted molar refractivity (Wildman–Crippen MR) is 158 cm³/mol. The van der Waals surface area contributed by atoms with Gasteiger partial charge in [-0.25, -0.2) is 0 Å². The largest absolute Gasteiger partial charge is 0.393 e. The minimum Gasteiger partial charge on any atom is -0.393 e. The molecule has 0 amide bonds. The van der Waals surface area contributed by atoms with E-state index in [0.29, 0.717) is 30.6 Å². The van der Waals surface area contributed by atoms with Crippen LogP contribution in [0.5, 0.6) is 0 Å². The van der Waals surface area contributed by atoms with Gasteiger partial charge in [-0.1, -0.05) is 63.6 Å². The minimum absolute atomic E-state index is 0.0481. The Kier molecular flexibility index (Phi) is 8.27. The lowest BCUT2D eigenvalue weighted by Gasteiger charge is -2.44. The van der Waals surface area contributed by atoms with E-state index >= 15 is 0 Å². The summed E-state index contributed by atoms with van der Waals surface area (Å²) in [5, 5.41) is 33.9. The van der Waals surface area contributed by atoms with Gasteiger partial charge in [0.15, 0.2) is 0 Å². The number of aliphatic hydroxyl groups excluding tert-OH is 3. The van der Waals surface area contributed by atoms with Crippen molar-refractivity contribution < 1.29 is 15.3 Å². The summed E-state index contributed by atoms with van der Waals surface area (Å²) in [5.74, 6) is 1.65. The van der Waals surface area contributed by atoms with E-state index in [0.717, 1.165) is 36.8 Å². The molecule has 1 aromatic rings. The van der Waals surface area contributed by atoms with Crippen molar-refractivity contribution in [3.05, 3.63) is 69.5 Å². The minimum atomic E-state index is -0.633. The SMILES string of the molecule is C=C1/C(=C\C=C2/CCC[C@]3(C)[C@@H]([C@H](C)/C=C/C(O)C4(c5cc(CCC)cs5)CC4)CC[C@@H]23)CC(O)C[C@@H]1O. The van der Waals surface area contributed by atoms with Crippen LogP contribution in [0, 0.1) is 23.2 Å². The first-order valence-corrected chi connectivity index (χ1v) is 15.9. The molecular formula is C34H48O3S. The third-order valence-electron chi connectivity index (χ3n) is 10.6. The second-order valence-electron chi connectivity index (χ2n) is 13.1. The Morgan fingerprint density at radius 3 is 2.68 bits per heavy atom. The standard InChI is InChI=1S/C34H48O3S/c1-5-7-24-18-32(38-21-24)34(16-17-34)31(37)14-9-22(2)28-12-13-29-25(8-6-15-33(28,29)4)10-11-26-19-27(35)20-30(36)23(26)3/h9-11,14,18,21-22,27-31,35-37H,3,5-8,12-13,15-17,19-20H2,1-2,4H3/b14-9+,25-10+,26-11-/t22-,27?,28-,29+,30+,31?,33-/m1/s1. The highest BCUT2D eigenvalue weighted by Crippen LogP contribution is 2.60. The molecule has 4 aliphatic rings. The van der Waals surface area contributed by atoms with Gasteiger partial charge < -0.3 is 15.3 Å². The second kappa shape index (κ2) is 11.2. The third kappa shape index (κ3) is 5.31. The molecule has 38 heavy (non-hydrogen) atoms. The highest BCUT2D eigenvalue weighted by Gasteiger charge is 2.52. The van der Waals surface area contributed by atoms with Crippen LogP contribution in [0.3, 0.4) is 0 Å². The number of allylic oxidation sites excluding steroid dienone is 4. The molecule has 0 bridgehead atoms. The summed E-state index contributed by atoms with van der Waals surface area (Å²) in [6.07, 6.45) is 18.9. The molecule has 4 fully saturated rings. The van der Waals surface area contributed by atoms with E-state index in [1.54, 1.807) is 0 Å². The molecule has 0 aliphatic heterocycles. The summed E-state index contributed by atoms with van der Waals surface area (Å²) in [5.41, 5.74) is 4.95. The molecule has 2 unspecified atom stereocenters. The molecule has 4 aliphatic carbocycles. The first-order chi connectivity index (χ1) is 18.2. The first kappa shape index (κ1) is 28.1. The lowest BCUT2D eigenvalue weighted by atomic mass is 9.61. The molecule has 1 aromatic heterocycles. The number of fused-ring (bicyclic) bond motifs is 1. The molecule has 7 atom stereocenters. The molecule has 208 valence electrons. The molecule has 3 N–H and O–H groups in total. The number of rotatable bonds is 8. The van der Waals surface area contributed by atoms with Gasteiger partial charge in [0.25, 0.3) is 0 Å². The van der Waals surface area contributed by atoms with E-state index in [-0.39, 0.29) is 10.8 Å². The van der Waals surface area contributed by atoms with Crippen LogP contribution < -0.4 is 0 Å². The Balaban J connectivity index is 1.27. The van der Waals surface area contributed by atoms with Crippen molar-refractivity contribution in [2.45, 2.75) is 115 Å². The monoisotopic (exact) mass is 536 g/mol. The summed E-state index contributed by atoms with van der Waals surface area (Å²) >= 11 is 1.84. The van der Waals surface area contributed by atoms with Crippen molar-refractivity contribution in [3.8, 4) is 0 Å². The Hall–Kier alpha value is -1.46. The third-order valence-corrected chi connectivity index (χ3v) is 11.8. The van der Waals surface area contributed by atoms with Gasteiger partial charge in [-0.15, -0.1) is 11.3 Å². The van der Waals surface area contributed by atoms with Crippen molar-refractivity contribution >= 4 is 11.3 Å². The fraction of sp³-hybridized carbons (Fsp3) is 0.647. The quantitative estimate of drug-likeness (QED) is 0.303. The average Bonchev–Trinajstić information content (AvgIpc) is 3.42. The smallest absolute Gasteiger partial charge is 0.0825 e. The van der Waals surface area contributed by atoms with Crippen LogP contribution in [0.2, 0.25) is 0 Å². The van der Waals surface area contributed by atoms with E-state index in [4.69, 9.17) is 0 Å². The van der Waals surface area contributed by atoms with Gasteiger partial charge in [-0.2, -0.15) is 0 Å². The Morgan fingerprint density at radius 2 is 1.95 bits per heavy atom. The van der Waals surface area contributed by atoms with Crippen molar-refractivity contribution in [2.24, 2.45) is 23.2 Å². The van der Waals surface area contributed by atoms with E-state index in [1.807, 2.05) is 11.3 Å². The van der Waals surface area contributed by atoms with Crippen LogP contribution in [0.15, 0.2) is 59.0 Å². The van der Waals surface area contributed by atoms with Crippen molar-refractivity contribution in [1.82, 2.24) is 0 Å². The lowest BCUT2D eigenvalue weighted by molar-refractivity contribution is 0.0862. The zero-order valence-electron chi connectivity index (χ0n) is 23.7. The average molecular weight is 537 g/mol. The molecule has 4 saturated carbocycles. The van der Waals surface area contributed by atoms with Gasteiger partial charge in [-0.3, -0.25) is 0 Å². The number of hydrogen-bond acceptors (Lipinski definition) is 4. The molecule has 4 heteroatoms. The van der Waals surface area contributed by atoms with Gasteiger partial charge in [0, 0.05) is 16.7 Å². The molecule has 0 radical (unpaired) electrons. The molecule has 0 aromatic carbocycles. The number of thiophene rings is 1.